The number of methoxy groups -OCH3 is 1. The highest BCUT2D eigenvalue weighted by Gasteiger charge is 2.22. The molecule has 1 aliphatic rings. The van der Waals surface area contributed by atoms with Crippen molar-refractivity contribution in [3.05, 3.63) is 52.8 Å². The van der Waals surface area contributed by atoms with E-state index in [4.69, 9.17) is 19.6 Å². The molecule has 1 saturated heterocycles. The lowest BCUT2D eigenvalue weighted by Gasteiger charge is -2.21. The van der Waals surface area contributed by atoms with Gasteiger partial charge >= 0.3 is 0 Å². The van der Waals surface area contributed by atoms with Crippen LogP contribution in [0.15, 0.2) is 30.3 Å². The van der Waals surface area contributed by atoms with Gasteiger partial charge in [0.15, 0.2) is 5.65 Å². The Hall–Kier alpha value is -2.60. The molecule has 3 aromatic rings. The zero-order valence-corrected chi connectivity index (χ0v) is 17.0. The van der Waals surface area contributed by atoms with Crippen LogP contribution >= 0.6 is 0 Å². The normalized spacial score (nSPS) is 16.3. The molecule has 0 bridgehead atoms. The van der Waals surface area contributed by atoms with E-state index < -0.39 is 0 Å². The molecule has 6 nitrogen and oxygen atoms in total. The van der Waals surface area contributed by atoms with Gasteiger partial charge in [-0.3, -0.25) is 0 Å². The number of hydrogen-bond acceptors (Lipinski definition) is 5. The van der Waals surface area contributed by atoms with Crippen molar-refractivity contribution in [1.82, 2.24) is 14.6 Å². The molecule has 0 radical (unpaired) electrons. The second kappa shape index (κ2) is 7.80. The number of anilines is 1. The summed E-state index contributed by atoms with van der Waals surface area (Å²) in [5.41, 5.74) is 5.23. The van der Waals surface area contributed by atoms with Crippen molar-refractivity contribution in [2.24, 2.45) is 0 Å². The summed E-state index contributed by atoms with van der Waals surface area (Å²) in [5, 5.41) is 8.59. The molecule has 28 heavy (non-hydrogen) atoms. The fraction of sp³-hybridized carbons (Fsp3) is 0.455. The van der Waals surface area contributed by atoms with Crippen LogP contribution in [0.5, 0.6) is 5.75 Å². The molecule has 0 amide bonds. The van der Waals surface area contributed by atoms with Crippen LogP contribution in [0.1, 0.15) is 54.2 Å². The van der Waals surface area contributed by atoms with Crippen LogP contribution in [-0.4, -0.2) is 34.9 Å². The molecular weight excluding hydrogens is 352 g/mol. The maximum atomic E-state index is 5.54. The average Bonchev–Trinajstić information content (AvgIpc) is 3.15. The number of para-hydroxylation sites is 1. The van der Waals surface area contributed by atoms with E-state index in [1.54, 1.807) is 7.11 Å². The number of ether oxygens (including phenoxy) is 2. The van der Waals surface area contributed by atoms with Crippen molar-refractivity contribution < 1.29 is 9.47 Å². The molecule has 4 rings (SSSR count). The third-order valence-corrected chi connectivity index (χ3v) is 5.70. The first kappa shape index (κ1) is 18.7. The zero-order chi connectivity index (χ0) is 19.7. The lowest BCUT2D eigenvalue weighted by atomic mass is 9.97. The van der Waals surface area contributed by atoms with Gasteiger partial charge in [-0.15, -0.1) is 0 Å². The van der Waals surface area contributed by atoms with Crippen LogP contribution < -0.4 is 10.1 Å². The maximum Gasteiger partial charge on any atom is 0.157 e. The van der Waals surface area contributed by atoms with E-state index in [0.29, 0.717) is 5.92 Å². The van der Waals surface area contributed by atoms with Gasteiger partial charge in [0, 0.05) is 42.0 Å². The summed E-state index contributed by atoms with van der Waals surface area (Å²) in [7, 11) is 1.71. The molecule has 6 heteroatoms. The van der Waals surface area contributed by atoms with Crippen LogP contribution in [0.25, 0.3) is 5.65 Å². The summed E-state index contributed by atoms with van der Waals surface area (Å²) in [6.45, 7) is 7.89. The summed E-state index contributed by atoms with van der Waals surface area (Å²) in [4.78, 5) is 4.77. The number of benzene rings is 1. The van der Waals surface area contributed by atoms with Crippen molar-refractivity contribution in [2.75, 3.05) is 25.6 Å². The SMILES string of the molecule is COc1ccccc1C(C)Nc1c(C)c(C)nc2cc(C3CCOCC3)nn12. The quantitative estimate of drug-likeness (QED) is 0.710. The van der Waals surface area contributed by atoms with Gasteiger partial charge in [-0.25, -0.2) is 4.98 Å². The fourth-order valence-electron chi connectivity index (χ4n) is 3.89. The van der Waals surface area contributed by atoms with E-state index in [9.17, 15) is 0 Å². The summed E-state index contributed by atoms with van der Waals surface area (Å²) < 4.78 is 13.0. The topological polar surface area (TPSA) is 60.7 Å². The standard InChI is InChI=1S/C22H28N4O2/c1-14-15(2)23-21-13-19(17-9-11-28-12-10-17)25-26(21)22(14)24-16(3)18-7-5-6-8-20(18)27-4/h5-8,13,16-17,24H,9-12H2,1-4H3. The van der Waals surface area contributed by atoms with Crippen molar-refractivity contribution in [3.63, 3.8) is 0 Å². The van der Waals surface area contributed by atoms with Gasteiger partial charge in [-0.2, -0.15) is 9.61 Å². The lowest BCUT2D eigenvalue weighted by molar-refractivity contribution is 0.0844. The Labute approximate surface area is 165 Å². The second-order valence-corrected chi connectivity index (χ2v) is 7.50. The number of aryl methyl sites for hydroxylation is 1. The summed E-state index contributed by atoms with van der Waals surface area (Å²) in [5.74, 6) is 2.31. The monoisotopic (exact) mass is 380 g/mol. The zero-order valence-electron chi connectivity index (χ0n) is 17.0. The summed E-state index contributed by atoms with van der Waals surface area (Å²) >= 11 is 0. The number of rotatable bonds is 5. The number of fused-ring (bicyclic) bond motifs is 1. The Morgan fingerprint density at radius 2 is 1.96 bits per heavy atom. The van der Waals surface area contributed by atoms with Crippen molar-refractivity contribution in [3.8, 4) is 5.75 Å². The molecule has 148 valence electrons. The molecule has 1 atom stereocenters. The first-order valence-corrected chi connectivity index (χ1v) is 9.92. The smallest absolute Gasteiger partial charge is 0.157 e. The highest BCUT2D eigenvalue weighted by Crippen LogP contribution is 2.31. The van der Waals surface area contributed by atoms with E-state index in [2.05, 4.69) is 38.2 Å². The molecule has 1 fully saturated rings. The first-order valence-electron chi connectivity index (χ1n) is 9.92. The number of aromatic nitrogens is 3. The van der Waals surface area contributed by atoms with Crippen molar-refractivity contribution in [1.29, 1.82) is 0 Å². The first-order chi connectivity index (χ1) is 13.6. The van der Waals surface area contributed by atoms with Crippen LogP contribution in [0, 0.1) is 13.8 Å². The minimum Gasteiger partial charge on any atom is -0.496 e. The van der Waals surface area contributed by atoms with E-state index >= 15 is 0 Å². The molecule has 1 aliphatic heterocycles. The second-order valence-electron chi connectivity index (χ2n) is 7.50. The van der Waals surface area contributed by atoms with E-state index in [1.165, 1.54) is 0 Å². The van der Waals surface area contributed by atoms with E-state index in [1.807, 2.05) is 22.7 Å². The van der Waals surface area contributed by atoms with Gasteiger partial charge in [0.2, 0.25) is 0 Å². The molecule has 1 aromatic carbocycles. The third kappa shape index (κ3) is 3.44. The lowest BCUT2D eigenvalue weighted by Crippen LogP contribution is -2.15. The van der Waals surface area contributed by atoms with Gasteiger partial charge in [0.25, 0.3) is 0 Å². The molecular formula is C22H28N4O2. The summed E-state index contributed by atoms with van der Waals surface area (Å²) in [6.07, 6.45) is 2.03. The van der Waals surface area contributed by atoms with Crippen LogP contribution in [0.4, 0.5) is 5.82 Å². The van der Waals surface area contributed by atoms with Crippen LogP contribution in [0.2, 0.25) is 0 Å². The summed E-state index contributed by atoms with van der Waals surface area (Å²) in [6, 6.07) is 10.3. The number of nitrogens with zero attached hydrogens (tertiary/aromatic N) is 3. The Balaban J connectivity index is 1.72. The van der Waals surface area contributed by atoms with Gasteiger partial charge in [0.05, 0.1) is 18.8 Å². The number of hydrogen-bond donors (Lipinski definition) is 1. The minimum atomic E-state index is 0.0654. The Kier molecular flexibility index (Phi) is 5.22. The van der Waals surface area contributed by atoms with E-state index in [-0.39, 0.29) is 6.04 Å². The minimum absolute atomic E-state index is 0.0654. The molecule has 2 aromatic heterocycles. The molecule has 0 saturated carbocycles. The Morgan fingerprint density at radius 1 is 1.21 bits per heavy atom. The van der Waals surface area contributed by atoms with Crippen LogP contribution in [-0.2, 0) is 4.74 Å². The predicted octanol–water partition coefficient (Wildman–Crippen LogP) is 4.42. The van der Waals surface area contributed by atoms with Crippen LogP contribution in [0.3, 0.4) is 0 Å². The highest BCUT2D eigenvalue weighted by atomic mass is 16.5. The molecule has 3 heterocycles. The van der Waals surface area contributed by atoms with Gasteiger partial charge < -0.3 is 14.8 Å². The van der Waals surface area contributed by atoms with Crippen molar-refractivity contribution in [2.45, 2.75) is 45.6 Å². The predicted molar refractivity (Wildman–Crippen MR) is 110 cm³/mol. The Morgan fingerprint density at radius 3 is 2.71 bits per heavy atom. The van der Waals surface area contributed by atoms with E-state index in [0.717, 1.165) is 65.8 Å². The number of nitrogens with one attached hydrogen (secondary N) is 1. The third-order valence-electron chi connectivity index (χ3n) is 5.70. The molecule has 0 spiro atoms. The Bertz CT molecular complexity index is 976. The molecule has 0 aliphatic carbocycles. The van der Waals surface area contributed by atoms with Gasteiger partial charge in [-0.1, -0.05) is 18.2 Å². The van der Waals surface area contributed by atoms with Gasteiger partial charge in [0.1, 0.15) is 11.6 Å². The largest absolute Gasteiger partial charge is 0.496 e. The highest BCUT2D eigenvalue weighted by molar-refractivity contribution is 5.57. The van der Waals surface area contributed by atoms with Crippen molar-refractivity contribution >= 4 is 11.5 Å². The van der Waals surface area contributed by atoms with Gasteiger partial charge in [-0.05, 0) is 39.7 Å². The fourth-order valence-corrected chi connectivity index (χ4v) is 3.89. The average molecular weight is 380 g/mol. The molecule has 1 N–H and O–H groups in total. The molecule has 1 unspecified atom stereocenters. The maximum absolute atomic E-state index is 5.54.